The summed E-state index contributed by atoms with van der Waals surface area (Å²) in [5.41, 5.74) is 2.50. The van der Waals surface area contributed by atoms with E-state index >= 15 is 0 Å². The molecular weight excluding hydrogens is 212 g/mol. The van der Waals surface area contributed by atoms with E-state index in [0.29, 0.717) is 0 Å². The summed E-state index contributed by atoms with van der Waals surface area (Å²) in [6.45, 7) is 5.72. The van der Waals surface area contributed by atoms with Crippen LogP contribution in [-0.2, 0) is 0 Å². The minimum Gasteiger partial charge on any atom is -0.0991 e. The minimum atomic E-state index is 1.11. The Balaban J connectivity index is 3.04. The highest BCUT2D eigenvalue weighted by atomic mass is 79.9. The fourth-order valence-electron chi connectivity index (χ4n) is 0.963. The number of rotatable bonds is 2. The van der Waals surface area contributed by atoms with Crippen LogP contribution in [-0.4, -0.2) is 0 Å². The van der Waals surface area contributed by atoms with Crippen molar-refractivity contribution in [2.45, 2.75) is 6.92 Å². The molecule has 12 heavy (non-hydrogen) atoms. The summed E-state index contributed by atoms with van der Waals surface area (Å²) < 4.78 is 1.11. The first kappa shape index (κ1) is 9.27. The van der Waals surface area contributed by atoms with E-state index in [1.807, 2.05) is 18.2 Å². The van der Waals surface area contributed by atoms with Crippen molar-refractivity contribution in [1.29, 1.82) is 0 Å². The number of aryl methyl sites for hydroxylation is 1. The molecule has 0 saturated carbocycles. The Kier molecular flexibility index (Phi) is 3.30. The Morgan fingerprint density at radius 1 is 1.42 bits per heavy atom. The standard InChI is InChI=1S/C11H11Br/c1-3-4-5-10-8-11(12)7-6-9(10)2/h3-8H,1H2,2H3/b5-4-. The van der Waals surface area contributed by atoms with E-state index in [1.54, 1.807) is 6.08 Å². The van der Waals surface area contributed by atoms with Gasteiger partial charge in [-0.25, -0.2) is 0 Å². The molecule has 0 spiro atoms. The van der Waals surface area contributed by atoms with Crippen molar-refractivity contribution in [1.82, 2.24) is 0 Å². The topological polar surface area (TPSA) is 0 Å². The molecule has 0 amide bonds. The van der Waals surface area contributed by atoms with Gasteiger partial charge in [0.25, 0.3) is 0 Å². The van der Waals surface area contributed by atoms with Crippen LogP contribution in [0, 0.1) is 6.92 Å². The zero-order valence-electron chi connectivity index (χ0n) is 7.05. The predicted molar refractivity (Wildman–Crippen MR) is 58.1 cm³/mol. The molecule has 0 aliphatic heterocycles. The van der Waals surface area contributed by atoms with E-state index in [2.05, 4.69) is 41.6 Å². The molecule has 0 heterocycles. The molecule has 0 fully saturated rings. The first-order valence-corrected chi connectivity index (χ1v) is 4.58. The second-order valence-corrected chi connectivity index (χ2v) is 3.51. The molecule has 0 bridgehead atoms. The summed E-state index contributed by atoms with van der Waals surface area (Å²) in [7, 11) is 0. The van der Waals surface area contributed by atoms with Crippen molar-refractivity contribution < 1.29 is 0 Å². The summed E-state index contributed by atoms with van der Waals surface area (Å²) in [5.74, 6) is 0. The largest absolute Gasteiger partial charge is 0.0991 e. The Morgan fingerprint density at radius 3 is 2.83 bits per heavy atom. The molecule has 0 nitrogen and oxygen atoms in total. The smallest absolute Gasteiger partial charge is 0.0181 e. The second kappa shape index (κ2) is 4.27. The van der Waals surface area contributed by atoms with E-state index in [9.17, 15) is 0 Å². The molecule has 0 radical (unpaired) electrons. The van der Waals surface area contributed by atoms with Crippen LogP contribution in [0.25, 0.3) is 6.08 Å². The number of hydrogen-bond acceptors (Lipinski definition) is 0. The molecule has 0 aliphatic rings. The lowest BCUT2D eigenvalue weighted by molar-refractivity contribution is 1.43. The lowest BCUT2D eigenvalue weighted by atomic mass is 10.1. The summed E-state index contributed by atoms with van der Waals surface area (Å²) in [4.78, 5) is 0. The van der Waals surface area contributed by atoms with Gasteiger partial charge in [0.1, 0.15) is 0 Å². The molecule has 0 N–H and O–H groups in total. The van der Waals surface area contributed by atoms with Crippen LogP contribution in [0.3, 0.4) is 0 Å². The second-order valence-electron chi connectivity index (χ2n) is 2.60. The molecule has 0 unspecified atom stereocenters. The van der Waals surface area contributed by atoms with Gasteiger partial charge in [0.15, 0.2) is 0 Å². The summed E-state index contributed by atoms with van der Waals surface area (Å²) in [6.07, 6.45) is 5.77. The molecule has 0 atom stereocenters. The van der Waals surface area contributed by atoms with Gasteiger partial charge in [0, 0.05) is 4.47 Å². The Labute approximate surface area is 81.7 Å². The highest BCUT2D eigenvalue weighted by Gasteiger charge is 1.93. The third-order valence-corrected chi connectivity index (χ3v) is 2.15. The van der Waals surface area contributed by atoms with Crippen molar-refractivity contribution >= 4 is 22.0 Å². The van der Waals surface area contributed by atoms with Gasteiger partial charge in [-0.15, -0.1) is 0 Å². The van der Waals surface area contributed by atoms with Gasteiger partial charge in [-0.1, -0.05) is 46.8 Å². The SMILES string of the molecule is C=C/C=C\c1cc(Br)ccc1C. The zero-order chi connectivity index (χ0) is 8.97. The van der Waals surface area contributed by atoms with Gasteiger partial charge in [0.05, 0.1) is 0 Å². The maximum absolute atomic E-state index is 3.63. The van der Waals surface area contributed by atoms with Crippen LogP contribution in [0.1, 0.15) is 11.1 Å². The van der Waals surface area contributed by atoms with Crippen molar-refractivity contribution in [3.8, 4) is 0 Å². The average molecular weight is 223 g/mol. The van der Waals surface area contributed by atoms with Crippen LogP contribution in [0.15, 0.2) is 41.4 Å². The monoisotopic (exact) mass is 222 g/mol. The van der Waals surface area contributed by atoms with Crippen molar-refractivity contribution in [3.63, 3.8) is 0 Å². The van der Waals surface area contributed by atoms with Gasteiger partial charge >= 0.3 is 0 Å². The third kappa shape index (κ3) is 2.35. The van der Waals surface area contributed by atoms with Gasteiger partial charge in [0.2, 0.25) is 0 Å². The van der Waals surface area contributed by atoms with Crippen molar-refractivity contribution in [2.24, 2.45) is 0 Å². The zero-order valence-corrected chi connectivity index (χ0v) is 8.64. The predicted octanol–water partition coefficient (Wildman–Crippen LogP) is 3.96. The van der Waals surface area contributed by atoms with E-state index in [0.717, 1.165) is 4.47 Å². The Morgan fingerprint density at radius 2 is 2.17 bits per heavy atom. The molecule has 1 aromatic rings. The first-order chi connectivity index (χ1) is 5.74. The summed E-state index contributed by atoms with van der Waals surface area (Å²) in [6, 6.07) is 6.22. The van der Waals surface area contributed by atoms with Crippen LogP contribution >= 0.6 is 15.9 Å². The fourth-order valence-corrected chi connectivity index (χ4v) is 1.34. The Hall–Kier alpha value is -0.820. The normalized spacial score (nSPS) is 10.5. The third-order valence-electron chi connectivity index (χ3n) is 1.65. The van der Waals surface area contributed by atoms with E-state index in [1.165, 1.54) is 11.1 Å². The molecule has 1 rings (SSSR count). The van der Waals surface area contributed by atoms with E-state index in [4.69, 9.17) is 0 Å². The van der Waals surface area contributed by atoms with Gasteiger partial charge in [-0.2, -0.15) is 0 Å². The highest BCUT2D eigenvalue weighted by Crippen LogP contribution is 2.17. The van der Waals surface area contributed by atoms with Crippen molar-refractivity contribution in [2.75, 3.05) is 0 Å². The maximum atomic E-state index is 3.63. The molecule has 0 aromatic heterocycles. The fraction of sp³-hybridized carbons (Fsp3) is 0.0909. The van der Waals surface area contributed by atoms with Gasteiger partial charge < -0.3 is 0 Å². The van der Waals surface area contributed by atoms with E-state index in [-0.39, 0.29) is 0 Å². The van der Waals surface area contributed by atoms with E-state index < -0.39 is 0 Å². The maximum Gasteiger partial charge on any atom is 0.0181 e. The molecule has 1 heteroatoms. The summed E-state index contributed by atoms with van der Waals surface area (Å²) in [5, 5.41) is 0. The Bertz CT molecular complexity index is 311. The molecule has 62 valence electrons. The lowest BCUT2D eigenvalue weighted by Gasteiger charge is -1.99. The molecule has 0 saturated heterocycles. The number of halogens is 1. The highest BCUT2D eigenvalue weighted by molar-refractivity contribution is 9.10. The molecule has 0 aliphatic carbocycles. The number of hydrogen-bond donors (Lipinski definition) is 0. The van der Waals surface area contributed by atoms with Crippen molar-refractivity contribution in [3.05, 3.63) is 52.5 Å². The number of benzene rings is 1. The molecule has 1 aromatic carbocycles. The number of allylic oxidation sites excluding steroid dienone is 2. The molecular formula is C11H11Br. The van der Waals surface area contributed by atoms with Gasteiger partial charge in [-0.3, -0.25) is 0 Å². The lowest BCUT2D eigenvalue weighted by Crippen LogP contribution is -1.78. The van der Waals surface area contributed by atoms with Crippen LogP contribution in [0.2, 0.25) is 0 Å². The first-order valence-electron chi connectivity index (χ1n) is 3.79. The quantitative estimate of drug-likeness (QED) is 0.665. The average Bonchev–Trinajstić information content (AvgIpc) is 2.07. The van der Waals surface area contributed by atoms with Gasteiger partial charge in [-0.05, 0) is 30.2 Å². The van der Waals surface area contributed by atoms with Crippen LogP contribution < -0.4 is 0 Å². The summed E-state index contributed by atoms with van der Waals surface area (Å²) >= 11 is 3.43. The minimum absolute atomic E-state index is 1.11. The van der Waals surface area contributed by atoms with Crippen LogP contribution in [0.5, 0.6) is 0 Å². The van der Waals surface area contributed by atoms with Crippen LogP contribution in [0.4, 0.5) is 0 Å².